The van der Waals surface area contributed by atoms with Gasteiger partial charge in [0.25, 0.3) is 5.91 Å². The second-order valence-electron chi connectivity index (χ2n) is 9.90. The minimum absolute atomic E-state index is 0.102. The molecule has 2 N–H and O–H groups in total. The molecule has 0 spiro atoms. The second kappa shape index (κ2) is 12.2. The number of fused-ring (bicyclic) bond motifs is 1. The standard InChI is InChI=1S/C30H25F6N3O3/c1-17(15-25(40)41)7-13-23-26(18-8-11-21(12-9-18)29(31,32)33)38-22-14-10-20(16-24(22)37-23)28(42)39-27(30(34,35)36)19-5-3-2-4-6-19/h2-6,8-12,14,16-17,27H,7,13,15H2,1H3,(H,39,42)(H,40,41). The van der Waals surface area contributed by atoms with E-state index < -0.39 is 35.8 Å². The lowest BCUT2D eigenvalue weighted by Gasteiger charge is -2.22. The molecule has 2 unspecified atom stereocenters. The van der Waals surface area contributed by atoms with Gasteiger partial charge in [-0.3, -0.25) is 9.59 Å². The molecule has 2 atom stereocenters. The summed E-state index contributed by atoms with van der Waals surface area (Å²) < 4.78 is 80.6. The first kappa shape index (κ1) is 30.5. The van der Waals surface area contributed by atoms with Gasteiger partial charge in [0, 0.05) is 17.5 Å². The monoisotopic (exact) mass is 589 g/mol. The topological polar surface area (TPSA) is 92.2 Å². The second-order valence-corrected chi connectivity index (χ2v) is 9.90. The van der Waals surface area contributed by atoms with E-state index in [0.29, 0.717) is 17.7 Å². The Morgan fingerprint density at radius 3 is 2.14 bits per heavy atom. The molecule has 0 bridgehead atoms. The van der Waals surface area contributed by atoms with E-state index in [-0.39, 0.29) is 46.6 Å². The molecule has 0 aliphatic heterocycles. The Hall–Kier alpha value is -4.48. The number of carbonyl (C=O) groups is 2. The summed E-state index contributed by atoms with van der Waals surface area (Å²) in [5.41, 5.74) is 0.316. The number of nitrogens with one attached hydrogen (secondary N) is 1. The average Bonchev–Trinajstić information content (AvgIpc) is 2.93. The van der Waals surface area contributed by atoms with Gasteiger partial charge < -0.3 is 10.4 Å². The number of amides is 1. The fourth-order valence-electron chi connectivity index (χ4n) is 4.45. The highest BCUT2D eigenvalue weighted by atomic mass is 19.4. The number of aliphatic carboxylic acids is 1. The van der Waals surface area contributed by atoms with E-state index in [2.05, 4.69) is 9.97 Å². The van der Waals surface area contributed by atoms with Crippen molar-refractivity contribution < 1.29 is 41.0 Å². The van der Waals surface area contributed by atoms with Gasteiger partial charge in [0.15, 0.2) is 6.04 Å². The van der Waals surface area contributed by atoms with Gasteiger partial charge in [-0.1, -0.05) is 49.4 Å². The predicted octanol–water partition coefficient (Wildman–Crippen LogP) is 7.39. The molecule has 42 heavy (non-hydrogen) atoms. The summed E-state index contributed by atoms with van der Waals surface area (Å²) in [7, 11) is 0. The Morgan fingerprint density at radius 1 is 0.881 bits per heavy atom. The van der Waals surface area contributed by atoms with Crippen LogP contribution in [0, 0.1) is 5.92 Å². The SMILES string of the molecule is CC(CCc1nc2cc(C(=O)NC(c3ccccc3)C(F)(F)F)ccc2nc1-c1ccc(C(F)(F)F)cc1)CC(=O)O. The summed E-state index contributed by atoms with van der Waals surface area (Å²) in [6.45, 7) is 1.73. The molecule has 6 nitrogen and oxygen atoms in total. The summed E-state index contributed by atoms with van der Waals surface area (Å²) in [6.07, 6.45) is -8.82. The third kappa shape index (κ3) is 7.42. The van der Waals surface area contributed by atoms with Crippen LogP contribution in [-0.4, -0.2) is 33.1 Å². The Bertz CT molecular complexity index is 1570. The highest BCUT2D eigenvalue weighted by Gasteiger charge is 2.42. The van der Waals surface area contributed by atoms with Crippen molar-refractivity contribution in [2.24, 2.45) is 5.92 Å². The fourth-order valence-corrected chi connectivity index (χ4v) is 4.45. The van der Waals surface area contributed by atoms with Crippen LogP contribution in [0.4, 0.5) is 26.3 Å². The molecule has 0 radical (unpaired) electrons. The van der Waals surface area contributed by atoms with E-state index >= 15 is 0 Å². The summed E-state index contributed by atoms with van der Waals surface area (Å²) in [5.74, 6) is -2.23. The molecular formula is C30H25F6N3O3. The largest absolute Gasteiger partial charge is 0.481 e. The number of rotatable bonds is 9. The van der Waals surface area contributed by atoms with E-state index in [1.165, 1.54) is 54.6 Å². The smallest absolute Gasteiger partial charge is 0.416 e. The number of benzene rings is 3. The molecule has 220 valence electrons. The highest BCUT2D eigenvalue weighted by molar-refractivity contribution is 5.97. The minimum atomic E-state index is -4.76. The number of halogens is 6. The summed E-state index contributed by atoms with van der Waals surface area (Å²) >= 11 is 0. The number of aryl methyl sites for hydroxylation is 1. The predicted molar refractivity (Wildman–Crippen MR) is 142 cm³/mol. The number of carboxylic acids is 1. The van der Waals surface area contributed by atoms with E-state index in [1.54, 1.807) is 13.0 Å². The van der Waals surface area contributed by atoms with Crippen molar-refractivity contribution in [3.05, 3.63) is 95.2 Å². The van der Waals surface area contributed by atoms with Crippen molar-refractivity contribution in [3.63, 3.8) is 0 Å². The zero-order chi connectivity index (χ0) is 30.7. The number of hydrogen-bond donors (Lipinski definition) is 2. The van der Waals surface area contributed by atoms with Crippen LogP contribution in [-0.2, 0) is 17.4 Å². The molecule has 4 aromatic rings. The van der Waals surface area contributed by atoms with Crippen LogP contribution in [0.3, 0.4) is 0 Å². The molecule has 4 rings (SSSR count). The first-order valence-corrected chi connectivity index (χ1v) is 12.8. The van der Waals surface area contributed by atoms with Gasteiger partial charge in [-0.05, 0) is 54.7 Å². The van der Waals surface area contributed by atoms with Crippen LogP contribution in [0.2, 0.25) is 0 Å². The van der Waals surface area contributed by atoms with Gasteiger partial charge in [0.2, 0.25) is 0 Å². The van der Waals surface area contributed by atoms with E-state index in [1.807, 2.05) is 5.32 Å². The molecule has 3 aromatic carbocycles. The first-order chi connectivity index (χ1) is 19.7. The van der Waals surface area contributed by atoms with Crippen molar-refractivity contribution in [1.29, 1.82) is 0 Å². The maximum atomic E-state index is 13.8. The van der Waals surface area contributed by atoms with Crippen molar-refractivity contribution >= 4 is 22.9 Å². The molecule has 0 aliphatic rings. The molecule has 1 aromatic heterocycles. The van der Waals surface area contributed by atoms with Crippen molar-refractivity contribution in [2.75, 3.05) is 0 Å². The van der Waals surface area contributed by atoms with Crippen LogP contribution in [0.1, 0.15) is 53.0 Å². The lowest BCUT2D eigenvalue weighted by atomic mass is 9.97. The number of nitrogens with zero attached hydrogens (tertiary/aromatic N) is 2. The van der Waals surface area contributed by atoms with E-state index in [9.17, 15) is 35.9 Å². The van der Waals surface area contributed by atoms with Gasteiger partial charge in [-0.15, -0.1) is 0 Å². The zero-order valence-electron chi connectivity index (χ0n) is 22.1. The number of carboxylic acid groups (broad SMARTS) is 1. The molecule has 0 saturated carbocycles. The Balaban J connectivity index is 1.70. The van der Waals surface area contributed by atoms with Gasteiger partial charge in [-0.2, -0.15) is 26.3 Å². The van der Waals surface area contributed by atoms with Crippen molar-refractivity contribution in [2.45, 2.75) is 44.6 Å². The van der Waals surface area contributed by atoms with Crippen LogP contribution < -0.4 is 5.32 Å². The molecule has 12 heteroatoms. The third-order valence-electron chi connectivity index (χ3n) is 6.62. The molecular weight excluding hydrogens is 564 g/mol. The number of alkyl halides is 6. The van der Waals surface area contributed by atoms with Crippen molar-refractivity contribution in [1.82, 2.24) is 15.3 Å². The number of aromatic nitrogens is 2. The quantitative estimate of drug-likeness (QED) is 0.199. The van der Waals surface area contributed by atoms with Crippen LogP contribution in [0.25, 0.3) is 22.3 Å². The van der Waals surface area contributed by atoms with E-state index in [4.69, 9.17) is 5.11 Å². The Labute approximate surface area is 236 Å². The maximum absolute atomic E-state index is 13.8. The minimum Gasteiger partial charge on any atom is -0.481 e. The normalized spacial score (nSPS) is 13.5. The van der Waals surface area contributed by atoms with Crippen LogP contribution >= 0.6 is 0 Å². The Morgan fingerprint density at radius 2 is 1.55 bits per heavy atom. The number of hydrogen-bond acceptors (Lipinski definition) is 4. The molecule has 0 saturated heterocycles. The highest BCUT2D eigenvalue weighted by Crippen LogP contribution is 2.34. The van der Waals surface area contributed by atoms with Gasteiger partial charge in [-0.25, -0.2) is 9.97 Å². The molecule has 1 heterocycles. The van der Waals surface area contributed by atoms with E-state index in [0.717, 1.165) is 12.1 Å². The summed E-state index contributed by atoms with van der Waals surface area (Å²) in [6, 6.07) is 13.0. The lowest BCUT2D eigenvalue weighted by molar-refractivity contribution is -0.155. The van der Waals surface area contributed by atoms with Gasteiger partial charge in [0.05, 0.1) is 28.0 Å². The average molecular weight is 590 g/mol. The van der Waals surface area contributed by atoms with Crippen LogP contribution in [0.15, 0.2) is 72.8 Å². The van der Waals surface area contributed by atoms with Gasteiger partial charge in [0.1, 0.15) is 0 Å². The molecule has 1 amide bonds. The maximum Gasteiger partial charge on any atom is 0.416 e. The first-order valence-electron chi connectivity index (χ1n) is 12.8. The van der Waals surface area contributed by atoms with Crippen LogP contribution in [0.5, 0.6) is 0 Å². The zero-order valence-corrected chi connectivity index (χ0v) is 22.1. The Kier molecular flexibility index (Phi) is 8.83. The van der Waals surface area contributed by atoms with Crippen molar-refractivity contribution in [3.8, 4) is 11.3 Å². The fraction of sp³-hybridized carbons (Fsp3) is 0.267. The number of carbonyl (C=O) groups excluding carboxylic acids is 1. The van der Waals surface area contributed by atoms with Gasteiger partial charge >= 0.3 is 18.3 Å². The molecule has 0 fully saturated rings. The molecule has 0 aliphatic carbocycles. The third-order valence-corrected chi connectivity index (χ3v) is 6.62. The summed E-state index contributed by atoms with van der Waals surface area (Å²) in [4.78, 5) is 33.1. The summed E-state index contributed by atoms with van der Waals surface area (Å²) in [5, 5.41) is 11.1. The lowest BCUT2D eigenvalue weighted by Crippen LogP contribution is -2.38.